The van der Waals surface area contributed by atoms with Gasteiger partial charge < -0.3 is 15.5 Å². The van der Waals surface area contributed by atoms with Crippen LogP contribution in [0.3, 0.4) is 0 Å². The van der Waals surface area contributed by atoms with E-state index < -0.39 is 17.8 Å². The Kier molecular flexibility index (Phi) is 4.87. The summed E-state index contributed by atoms with van der Waals surface area (Å²) in [6, 6.07) is 4.50. The quantitative estimate of drug-likeness (QED) is 0.875. The van der Waals surface area contributed by atoms with E-state index in [9.17, 15) is 22.8 Å². The Labute approximate surface area is 143 Å². The molecule has 3 rings (SSSR count). The third kappa shape index (κ3) is 4.43. The second-order valence-corrected chi connectivity index (χ2v) is 6.54. The van der Waals surface area contributed by atoms with Crippen molar-refractivity contribution in [2.75, 3.05) is 18.4 Å². The maximum absolute atomic E-state index is 13.0. The molecule has 1 heterocycles. The van der Waals surface area contributed by atoms with Crippen LogP contribution in [-0.4, -0.2) is 36.0 Å². The number of hydrogen-bond acceptors (Lipinski definition) is 2. The molecule has 1 atom stereocenters. The molecule has 0 aromatic heterocycles. The number of carbonyl (C=O) groups excluding carboxylic acids is 2. The van der Waals surface area contributed by atoms with Crippen molar-refractivity contribution in [3.63, 3.8) is 0 Å². The number of likely N-dealkylation sites (tertiary alicyclic amines) is 1. The van der Waals surface area contributed by atoms with Crippen LogP contribution >= 0.6 is 0 Å². The van der Waals surface area contributed by atoms with Gasteiger partial charge in [0.05, 0.1) is 17.2 Å². The highest BCUT2D eigenvalue weighted by molar-refractivity contribution is 5.91. The fourth-order valence-corrected chi connectivity index (χ4v) is 2.96. The lowest BCUT2D eigenvalue weighted by Gasteiger charge is -2.32. The zero-order chi connectivity index (χ0) is 18.0. The Bertz CT molecular complexity index is 659. The van der Waals surface area contributed by atoms with Gasteiger partial charge in [0.2, 0.25) is 5.91 Å². The van der Waals surface area contributed by atoms with E-state index in [1.807, 2.05) is 0 Å². The molecule has 1 saturated carbocycles. The molecule has 1 aliphatic carbocycles. The smallest absolute Gasteiger partial charge is 0.353 e. The number of piperidine rings is 1. The number of para-hydroxylation sites is 1. The van der Waals surface area contributed by atoms with Crippen LogP contribution < -0.4 is 10.6 Å². The molecule has 1 aromatic rings. The van der Waals surface area contributed by atoms with Crippen LogP contribution in [-0.2, 0) is 11.0 Å². The van der Waals surface area contributed by atoms with Crippen LogP contribution in [0.2, 0.25) is 0 Å². The van der Waals surface area contributed by atoms with Crippen molar-refractivity contribution in [3.05, 3.63) is 29.8 Å². The maximum Gasteiger partial charge on any atom is 0.418 e. The van der Waals surface area contributed by atoms with Crippen molar-refractivity contribution < 1.29 is 22.8 Å². The lowest BCUT2D eigenvalue weighted by Crippen LogP contribution is -2.47. The molecular weight excluding hydrogens is 335 g/mol. The fraction of sp³-hybridized carbons (Fsp3) is 0.529. The van der Waals surface area contributed by atoms with Crippen LogP contribution in [0, 0.1) is 5.92 Å². The molecule has 1 unspecified atom stereocenters. The summed E-state index contributed by atoms with van der Waals surface area (Å²) in [4.78, 5) is 25.9. The Hall–Kier alpha value is -2.25. The standard InChI is InChI=1S/C17H20F3N3O2/c18-17(19,20)13-5-1-2-6-14(13)22-16(25)23-9-3-4-11(10-23)15(24)21-12-7-8-12/h1-2,5-6,11-12H,3-4,7-10H2,(H,21,24)(H,22,25). The molecule has 3 amide bonds. The number of rotatable bonds is 3. The minimum Gasteiger partial charge on any atom is -0.353 e. The first-order valence-corrected chi connectivity index (χ1v) is 8.37. The molecule has 8 heteroatoms. The highest BCUT2D eigenvalue weighted by atomic mass is 19.4. The second-order valence-electron chi connectivity index (χ2n) is 6.54. The summed E-state index contributed by atoms with van der Waals surface area (Å²) < 4.78 is 39.1. The molecular formula is C17H20F3N3O2. The Morgan fingerprint density at radius 2 is 1.84 bits per heavy atom. The first-order chi connectivity index (χ1) is 11.8. The number of anilines is 1. The topological polar surface area (TPSA) is 61.4 Å². The van der Waals surface area contributed by atoms with Gasteiger partial charge in [-0.1, -0.05) is 12.1 Å². The predicted molar refractivity (Wildman–Crippen MR) is 85.9 cm³/mol. The second kappa shape index (κ2) is 6.93. The number of amides is 3. The molecule has 2 N–H and O–H groups in total. The molecule has 136 valence electrons. The van der Waals surface area contributed by atoms with Crippen molar-refractivity contribution in [3.8, 4) is 0 Å². The predicted octanol–water partition coefficient (Wildman–Crippen LogP) is 3.23. The average Bonchev–Trinajstić information content (AvgIpc) is 3.38. The van der Waals surface area contributed by atoms with E-state index in [0.717, 1.165) is 18.9 Å². The van der Waals surface area contributed by atoms with E-state index in [2.05, 4.69) is 10.6 Å². The van der Waals surface area contributed by atoms with Gasteiger partial charge in [-0.25, -0.2) is 4.79 Å². The van der Waals surface area contributed by atoms with Crippen molar-refractivity contribution >= 4 is 17.6 Å². The number of nitrogens with zero attached hydrogens (tertiary/aromatic N) is 1. The van der Waals surface area contributed by atoms with Gasteiger partial charge in [-0.15, -0.1) is 0 Å². The normalized spacial score (nSPS) is 20.9. The first-order valence-electron chi connectivity index (χ1n) is 8.37. The van der Waals surface area contributed by atoms with Gasteiger partial charge in [0, 0.05) is 19.1 Å². The summed E-state index contributed by atoms with van der Waals surface area (Å²) >= 11 is 0. The van der Waals surface area contributed by atoms with Crippen LogP contribution in [0.4, 0.5) is 23.7 Å². The first kappa shape index (κ1) is 17.6. The van der Waals surface area contributed by atoms with Gasteiger partial charge in [0.25, 0.3) is 0 Å². The van der Waals surface area contributed by atoms with E-state index in [-0.39, 0.29) is 30.1 Å². The number of urea groups is 1. The molecule has 25 heavy (non-hydrogen) atoms. The van der Waals surface area contributed by atoms with Gasteiger partial charge in [-0.05, 0) is 37.8 Å². The van der Waals surface area contributed by atoms with Gasteiger partial charge in [-0.3, -0.25) is 4.79 Å². The third-order valence-electron chi connectivity index (χ3n) is 4.48. The van der Waals surface area contributed by atoms with Crippen LogP contribution in [0.15, 0.2) is 24.3 Å². The number of halogens is 3. The minimum absolute atomic E-state index is 0.0734. The lowest BCUT2D eigenvalue weighted by atomic mass is 9.97. The Morgan fingerprint density at radius 1 is 1.12 bits per heavy atom. The number of benzene rings is 1. The van der Waals surface area contributed by atoms with Crippen molar-refractivity contribution in [2.45, 2.75) is 37.9 Å². The summed E-state index contributed by atoms with van der Waals surface area (Å²) in [7, 11) is 0. The molecule has 2 fully saturated rings. The van der Waals surface area contributed by atoms with E-state index in [0.29, 0.717) is 19.4 Å². The third-order valence-corrected chi connectivity index (χ3v) is 4.48. The monoisotopic (exact) mass is 355 g/mol. The number of alkyl halides is 3. The summed E-state index contributed by atoms with van der Waals surface area (Å²) in [6.07, 6.45) is -1.25. The van der Waals surface area contributed by atoms with E-state index >= 15 is 0 Å². The molecule has 1 saturated heterocycles. The van der Waals surface area contributed by atoms with E-state index in [4.69, 9.17) is 0 Å². The Morgan fingerprint density at radius 3 is 2.52 bits per heavy atom. The summed E-state index contributed by atoms with van der Waals surface area (Å²) in [5, 5.41) is 5.25. The molecule has 1 aromatic carbocycles. The van der Waals surface area contributed by atoms with E-state index in [1.165, 1.54) is 23.1 Å². The number of carbonyl (C=O) groups is 2. The zero-order valence-electron chi connectivity index (χ0n) is 13.6. The summed E-state index contributed by atoms with van der Waals surface area (Å²) in [6.45, 7) is 0.645. The minimum atomic E-state index is -4.54. The number of hydrogen-bond donors (Lipinski definition) is 2. The highest BCUT2D eigenvalue weighted by Gasteiger charge is 2.35. The van der Waals surface area contributed by atoms with Gasteiger partial charge in [0.15, 0.2) is 0 Å². The molecule has 0 radical (unpaired) electrons. The van der Waals surface area contributed by atoms with Crippen molar-refractivity contribution in [1.29, 1.82) is 0 Å². The van der Waals surface area contributed by atoms with Gasteiger partial charge in [-0.2, -0.15) is 13.2 Å². The van der Waals surface area contributed by atoms with Gasteiger partial charge >= 0.3 is 12.2 Å². The number of nitrogens with one attached hydrogen (secondary N) is 2. The summed E-state index contributed by atoms with van der Waals surface area (Å²) in [5.41, 5.74) is -1.16. The maximum atomic E-state index is 13.0. The zero-order valence-corrected chi connectivity index (χ0v) is 13.6. The van der Waals surface area contributed by atoms with Crippen molar-refractivity contribution in [1.82, 2.24) is 10.2 Å². The fourth-order valence-electron chi connectivity index (χ4n) is 2.96. The molecule has 1 aliphatic heterocycles. The molecule has 0 bridgehead atoms. The van der Waals surface area contributed by atoms with Crippen LogP contribution in [0.5, 0.6) is 0 Å². The van der Waals surface area contributed by atoms with Crippen LogP contribution in [0.1, 0.15) is 31.2 Å². The largest absolute Gasteiger partial charge is 0.418 e. The highest BCUT2D eigenvalue weighted by Crippen LogP contribution is 2.34. The van der Waals surface area contributed by atoms with Gasteiger partial charge in [0.1, 0.15) is 0 Å². The molecule has 2 aliphatic rings. The average molecular weight is 355 g/mol. The van der Waals surface area contributed by atoms with E-state index in [1.54, 1.807) is 0 Å². The lowest BCUT2D eigenvalue weighted by molar-refractivity contribution is -0.137. The molecule has 0 spiro atoms. The molecule has 5 nitrogen and oxygen atoms in total. The Balaban J connectivity index is 1.64. The summed E-state index contributed by atoms with van der Waals surface area (Å²) in [5.74, 6) is -0.381. The van der Waals surface area contributed by atoms with Crippen LogP contribution in [0.25, 0.3) is 0 Å². The van der Waals surface area contributed by atoms with Crippen molar-refractivity contribution in [2.24, 2.45) is 5.92 Å². The SMILES string of the molecule is O=C(NC1CC1)C1CCCN(C(=O)Nc2ccccc2C(F)(F)F)C1.